The predicted octanol–water partition coefficient (Wildman–Crippen LogP) is -0.313. The summed E-state index contributed by atoms with van der Waals surface area (Å²) in [5.74, 6) is -1.08. The van der Waals surface area contributed by atoms with Crippen LogP contribution in [-0.4, -0.2) is 60.8 Å². The number of ether oxygens (including phenoxy) is 1. The molecule has 1 amide bonds. The molecule has 0 aromatic carbocycles. The summed E-state index contributed by atoms with van der Waals surface area (Å²) in [5, 5.41) is 12.3. The van der Waals surface area contributed by atoms with E-state index in [0.717, 1.165) is 19.3 Å². The second-order valence-corrected chi connectivity index (χ2v) is 5.04. The highest BCUT2D eigenvalue weighted by Crippen LogP contribution is 2.34. The molecule has 0 saturated carbocycles. The maximum atomic E-state index is 12.3. The number of carboxylic acids is 1. The highest BCUT2D eigenvalue weighted by Gasteiger charge is 2.44. The lowest BCUT2D eigenvalue weighted by molar-refractivity contribution is -0.147. The van der Waals surface area contributed by atoms with E-state index in [4.69, 9.17) is 9.84 Å². The average Bonchev–Trinajstić information content (AvgIpc) is 2.95. The molecule has 0 radical (unpaired) electrons. The number of carbonyl (C=O) groups excluding carboxylic acids is 1. The summed E-state index contributed by atoms with van der Waals surface area (Å²) in [4.78, 5) is 24.5. The molecule has 6 heteroatoms. The minimum Gasteiger partial charge on any atom is -0.480 e. The first-order valence-corrected chi connectivity index (χ1v) is 6.37. The lowest BCUT2D eigenvalue weighted by Gasteiger charge is -2.27. The van der Waals surface area contributed by atoms with Crippen LogP contribution in [0, 0.1) is 5.92 Å². The number of aliphatic carboxylic acids is 1. The van der Waals surface area contributed by atoms with Crippen LogP contribution in [0.25, 0.3) is 0 Å². The second kappa shape index (κ2) is 5.67. The van der Waals surface area contributed by atoms with E-state index in [1.165, 1.54) is 4.90 Å². The Labute approximate surface area is 106 Å². The average molecular weight is 256 g/mol. The molecule has 2 N–H and O–H groups in total. The van der Waals surface area contributed by atoms with Crippen molar-refractivity contribution in [2.45, 2.75) is 31.3 Å². The summed E-state index contributed by atoms with van der Waals surface area (Å²) in [6.45, 7) is 0.471. The molecule has 0 spiro atoms. The monoisotopic (exact) mass is 256 g/mol. The number of methoxy groups -OCH3 is 1. The van der Waals surface area contributed by atoms with Crippen LogP contribution in [0.15, 0.2) is 0 Å². The fourth-order valence-corrected chi connectivity index (χ4v) is 2.96. The van der Waals surface area contributed by atoms with Gasteiger partial charge in [-0.1, -0.05) is 0 Å². The number of hydrogen-bond acceptors (Lipinski definition) is 4. The number of rotatable bonds is 6. The topological polar surface area (TPSA) is 78.9 Å². The van der Waals surface area contributed by atoms with Gasteiger partial charge in [0.25, 0.3) is 0 Å². The fourth-order valence-electron chi connectivity index (χ4n) is 2.96. The predicted molar refractivity (Wildman–Crippen MR) is 64.1 cm³/mol. The molecule has 18 heavy (non-hydrogen) atoms. The first-order valence-electron chi connectivity index (χ1n) is 6.37. The van der Waals surface area contributed by atoms with Crippen LogP contribution in [-0.2, 0) is 14.3 Å². The Morgan fingerprint density at radius 1 is 1.44 bits per heavy atom. The zero-order chi connectivity index (χ0) is 13.1. The summed E-state index contributed by atoms with van der Waals surface area (Å²) in [6.07, 6.45) is 2.99. The summed E-state index contributed by atoms with van der Waals surface area (Å²) in [7, 11) is 1.54. The van der Waals surface area contributed by atoms with E-state index < -0.39 is 5.97 Å². The second-order valence-electron chi connectivity index (χ2n) is 5.04. The maximum Gasteiger partial charge on any atom is 0.323 e. The SMILES string of the molecule is COCCN(CC(=O)O)C(=O)C1CC2CCC1N2. The van der Waals surface area contributed by atoms with E-state index in [1.807, 2.05) is 0 Å². The minimum absolute atomic E-state index is 0.0471. The number of nitrogens with one attached hydrogen (secondary N) is 1. The van der Waals surface area contributed by atoms with Crippen molar-refractivity contribution in [2.24, 2.45) is 5.92 Å². The van der Waals surface area contributed by atoms with Crippen molar-refractivity contribution in [3.8, 4) is 0 Å². The molecule has 2 rings (SSSR count). The van der Waals surface area contributed by atoms with E-state index in [-0.39, 0.29) is 24.4 Å². The maximum absolute atomic E-state index is 12.3. The zero-order valence-corrected chi connectivity index (χ0v) is 10.6. The summed E-state index contributed by atoms with van der Waals surface area (Å²) < 4.78 is 4.93. The normalized spacial score (nSPS) is 29.5. The molecular formula is C12H20N2O4. The van der Waals surface area contributed by atoms with Crippen molar-refractivity contribution in [1.29, 1.82) is 0 Å². The van der Waals surface area contributed by atoms with Gasteiger partial charge in [-0.3, -0.25) is 9.59 Å². The Bertz CT molecular complexity index is 334. The summed E-state index contributed by atoms with van der Waals surface area (Å²) in [6, 6.07) is 0.680. The largest absolute Gasteiger partial charge is 0.480 e. The third kappa shape index (κ3) is 2.81. The van der Waals surface area contributed by atoms with Gasteiger partial charge in [-0.25, -0.2) is 0 Å². The van der Waals surface area contributed by atoms with E-state index in [0.29, 0.717) is 19.2 Å². The molecule has 6 nitrogen and oxygen atoms in total. The van der Waals surface area contributed by atoms with Gasteiger partial charge in [0.05, 0.1) is 12.5 Å². The van der Waals surface area contributed by atoms with Crippen molar-refractivity contribution in [3.05, 3.63) is 0 Å². The molecule has 102 valence electrons. The van der Waals surface area contributed by atoms with E-state index >= 15 is 0 Å². The Hall–Kier alpha value is -1.14. The van der Waals surface area contributed by atoms with E-state index in [9.17, 15) is 9.59 Å². The molecule has 2 heterocycles. The molecular weight excluding hydrogens is 236 g/mol. The van der Waals surface area contributed by atoms with Crippen LogP contribution in [0.5, 0.6) is 0 Å². The molecule has 3 atom stereocenters. The smallest absolute Gasteiger partial charge is 0.323 e. The molecule has 2 fully saturated rings. The number of fused-ring (bicyclic) bond motifs is 2. The molecule has 0 aromatic rings. The highest BCUT2D eigenvalue weighted by molar-refractivity contribution is 5.84. The number of carbonyl (C=O) groups is 2. The highest BCUT2D eigenvalue weighted by atomic mass is 16.5. The fraction of sp³-hybridized carbons (Fsp3) is 0.833. The van der Waals surface area contributed by atoms with Crippen LogP contribution >= 0.6 is 0 Å². The van der Waals surface area contributed by atoms with Crippen LogP contribution in [0.2, 0.25) is 0 Å². The lowest BCUT2D eigenvalue weighted by atomic mass is 9.88. The quantitative estimate of drug-likeness (QED) is 0.681. The van der Waals surface area contributed by atoms with Crippen LogP contribution in [0.3, 0.4) is 0 Å². The van der Waals surface area contributed by atoms with Gasteiger partial charge in [-0.2, -0.15) is 0 Å². The number of amides is 1. The molecule has 2 aliphatic heterocycles. The Balaban J connectivity index is 1.96. The van der Waals surface area contributed by atoms with Crippen molar-refractivity contribution in [1.82, 2.24) is 10.2 Å². The third-order valence-corrected chi connectivity index (χ3v) is 3.82. The van der Waals surface area contributed by atoms with Crippen LogP contribution in [0.1, 0.15) is 19.3 Å². The first-order chi connectivity index (χ1) is 8.61. The minimum atomic E-state index is -0.976. The molecule has 2 bridgehead atoms. The van der Waals surface area contributed by atoms with Crippen LogP contribution < -0.4 is 5.32 Å². The van der Waals surface area contributed by atoms with Gasteiger partial charge < -0.3 is 20.1 Å². The van der Waals surface area contributed by atoms with Gasteiger partial charge in [0.15, 0.2) is 0 Å². The number of hydrogen-bond donors (Lipinski definition) is 2. The third-order valence-electron chi connectivity index (χ3n) is 3.82. The first kappa shape index (κ1) is 13.3. The molecule has 2 aliphatic rings. The van der Waals surface area contributed by atoms with Gasteiger partial charge in [0.2, 0.25) is 5.91 Å². The summed E-state index contributed by atoms with van der Waals surface area (Å²) >= 11 is 0. The molecule has 0 aromatic heterocycles. The van der Waals surface area contributed by atoms with Gasteiger partial charge in [-0.15, -0.1) is 0 Å². The van der Waals surface area contributed by atoms with Crippen molar-refractivity contribution in [2.75, 3.05) is 26.8 Å². The van der Waals surface area contributed by atoms with Crippen LogP contribution in [0.4, 0.5) is 0 Å². The zero-order valence-electron chi connectivity index (χ0n) is 10.6. The van der Waals surface area contributed by atoms with E-state index in [2.05, 4.69) is 5.32 Å². The van der Waals surface area contributed by atoms with Crippen molar-refractivity contribution in [3.63, 3.8) is 0 Å². The van der Waals surface area contributed by atoms with Crippen molar-refractivity contribution >= 4 is 11.9 Å². The Morgan fingerprint density at radius 2 is 2.22 bits per heavy atom. The van der Waals surface area contributed by atoms with E-state index in [1.54, 1.807) is 7.11 Å². The van der Waals surface area contributed by atoms with Crippen molar-refractivity contribution < 1.29 is 19.4 Å². The van der Waals surface area contributed by atoms with Gasteiger partial charge in [0, 0.05) is 25.7 Å². The molecule has 0 aliphatic carbocycles. The van der Waals surface area contributed by atoms with Gasteiger partial charge in [-0.05, 0) is 19.3 Å². The number of carboxylic acid groups (broad SMARTS) is 1. The standard InChI is InChI=1S/C12H20N2O4/c1-18-5-4-14(7-11(15)16)12(17)9-6-8-2-3-10(9)13-8/h8-10,13H,2-7H2,1H3,(H,15,16). The number of nitrogens with zero attached hydrogens (tertiary/aromatic N) is 1. The summed E-state index contributed by atoms with van der Waals surface area (Å²) in [5.41, 5.74) is 0. The molecule has 3 unspecified atom stereocenters. The lowest BCUT2D eigenvalue weighted by Crippen LogP contribution is -2.44. The van der Waals surface area contributed by atoms with Gasteiger partial charge >= 0.3 is 5.97 Å². The Morgan fingerprint density at radius 3 is 2.72 bits per heavy atom. The molecule has 2 saturated heterocycles. The Kier molecular flexibility index (Phi) is 4.19. The van der Waals surface area contributed by atoms with Gasteiger partial charge in [0.1, 0.15) is 6.54 Å².